The average Bonchev–Trinajstić information content (AvgIpc) is 3.23. The molecule has 10 heteroatoms. The summed E-state index contributed by atoms with van der Waals surface area (Å²) < 4.78 is 33.4. The molecular weight excluding hydrogens is 446 g/mol. The van der Waals surface area contributed by atoms with Crippen molar-refractivity contribution in [2.45, 2.75) is 10.3 Å². The van der Waals surface area contributed by atoms with Crippen LogP contribution in [0.25, 0.3) is 0 Å². The van der Waals surface area contributed by atoms with Gasteiger partial charge in [-0.1, -0.05) is 41.9 Å². The molecule has 0 radical (unpaired) electrons. The lowest BCUT2D eigenvalue weighted by atomic mass is 10.0. The average molecular weight is 470 g/mol. The molecule has 7 nitrogen and oxygen atoms in total. The van der Waals surface area contributed by atoms with E-state index in [2.05, 4.69) is 4.90 Å². The van der Waals surface area contributed by atoms with Crippen molar-refractivity contribution in [1.82, 2.24) is 14.1 Å². The van der Waals surface area contributed by atoms with E-state index < -0.39 is 16.1 Å². The van der Waals surface area contributed by atoms with Gasteiger partial charge in [0.05, 0.1) is 17.6 Å². The van der Waals surface area contributed by atoms with E-state index in [-0.39, 0.29) is 10.1 Å². The zero-order chi connectivity index (χ0) is 21.1. The summed E-state index contributed by atoms with van der Waals surface area (Å²) >= 11 is 6.99. The number of ether oxygens (including phenoxy) is 1. The lowest BCUT2D eigenvalue weighted by molar-refractivity contribution is -0.142. The molecule has 4 rings (SSSR count). The van der Waals surface area contributed by atoms with E-state index in [9.17, 15) is 13.2 Å². The van der Waals surface area contributed by atoms with Crippen LogP contribution in [0.4, 0.5) is 0 Å². The highest BCUT2D eigenvalue weighted by Gasteiger charge is 2.36. The summed E-state index contributed by atoms with van der Waals surface area (Å²) in [5, 5.41) is 0. The summed E-state index contributed by atoms with van der Waals surface area (Å²) in [6.07, 6.45) is 0. The Morgan fingerprint density at radius 3 is 2.23 bits per heavy atom. The largest absolute Gasteiger partial charge is 0.378 e. The van der Waals surface area contributed by atoms with Gasteiger partial charge in [0.25, 0.3) is 10.0 Å². The van der Waals surface area contributed by atoms with Gasteiger partial charge >= 0.3 is 0 Å². The first-order chi connectivity index (χ1) is 14.5. The molecule has 0 bridgehead atoms. The van der Waals surface area contributed by atoms with Crippen molar-refractivity contribution < 1.29 is 17.9 Å². The van der Waals surface area contributed by atoms with Gasteiger partial charge in [0.1, 0.15) is 10.3 Å². The third kappa shape index (κ3) is 4.56. The topological polar surface area (TPSA) is 70.2 Å². The van der Waals surface area contributed by atoms with Gasteiger partial charge in [0.15, 0.2) is 0 Å². The monoisotopic (exact) mass is 469 g/mol. The van der Waals surface area contributed by atoms with E-state index in [1.165, 1.54) is 4.31 Å². The number of carbonyl (C=O) groups excluding carboxylic acids is 1. The van der Waals surface area contributed by atoms with E-state index in [0.717, 1.165) is 16.9 Å². The molecule has 1 aromatic carbocycles. The quantitative estimate of drug-likeness (QED) is 0.672. The third-order valence-electron chi connectivity index (χ3n) is 5.45. The van der Waals surface area contributed by atoms with Crippen molar-refractivity contribution in [3.8, 4) is 0 Å². The van der Waals surface area contributed by atoms with Crippen molar-refractivity contribution >= 4 is 38.9 Å². The van der Waals surface area contributed by atoms with Gasteiger partial charge in [-0.2, -0.15) is 4.31 Å². The second-order valence-corrected chi connectivity index (χ2v) is 11.1. The Labute approximate surface area is 185 Å². The fourth-order valence-corrected chi connectivity index (χ4v) is 6.93. The number of benzene rings is 1. The van der Waals surface area contributed by atoms with Gasteiger partial charge in [0.2, 0.25) is 5.91 Å². The van der Waals surface area contributed by atoms with Crippen molar-refractivity contribution in [2.75, 3.05) is 52.5 Å². The van der Waals surface area contributed by atoms with Crippen molar-refractivity contribution in [1.29, 1.82) is 0 Å². The maximum Gasteiger partial charge on any atom is 0.252 e. The zero-order valence-electron chi connectivity index (χ0n) is 16.4. The third-order valence-corrected chi connectivity index (χ3v) is 9.05. The number of nitrogens with zero attached hydrogens (tertiary/aromatic N) is 3. The maximum atomic E-state index is 13.4. The van der Waals surface area contributed by atoms with Gasteiger partial charge in [-0.05, 0) is 17.7 Å². The Hall–Kier alpha value is -1.49. The molecule has 2 aliphatic heterocycles. The molecule has 0 saturated carbocycles. The number of halogens is 1. The Kier molecular flexibility index (Phi) is 6.76. The van der Waals surface area contributed by atoms with Crippen LogP contribution in [-0.4, -0.2) is 80.9 Å². The molecule has 30 heavy (non-hydrogen) atoms. The van der Waals surface area contributed by atoms with Crippen LogP contribution in [0.15, 0.2) is 46.7 Å². The van der Waals surface area contributed by atoms with Gasteiger partial charge in [0, 0.05) is 39.3 Å². The number of rotatable bonds is 5. The van der Waals surface area contributed by atoms with E-state index >= 15 is 0 Å². The zero-order valence-corrected chi connectivity index (χ0v) is 18.8. The minimum atomic E-state index is -3.57. The number of sulfonamides is 1. The van der Waals surface area contributed by atoms with Crippen LogP contribution in [0, 0.1) is 0 Å². The van der Waals surface area contributed by atoms with Gasteiger partial charge < -0.3 is 9.64 Å². The van der Waals surface area contributed by atoms with Gasteiger partial charge in [-0.3, -0.25) is 9.69 Å². The molecule has 1 aromatic heterocycles. The summed E-state index contributed by atoms with van der Waals surface area (Å²) in [7, 11) is -3.57. The Morgan fingerprint density at radius 2 is 1.63 bits per heavy atom. The molecule has 0 N–H and O–H groups in total. The molecule has 2 saturated heterocycles. The number of hydrogen-bond donors (Lipinski definition) is 0. The van der Waals surface area contributed by atoms with Crippen LogP contribution in [0.3, 0.4) is 0 Å². The van der Waals surface area contributed by atoms with E-state index in [0.29, 0.717) is 56.8 Å². The van der Waals surface area contributed by atoms with Crippen LogP contribution < -0.4 is 0 Å². The Bertz CT molecular complexity index is 969. The number of piperazine rings is 1. The van der Waals surface area contributed by atoms with Crippen LogP contribution in [-0.2, 0) is 19.6 Å². The van der Waals surface area contributed by atoms with Crippen LogP contribution in [0.2, 0.25) is 4.34 Å². The number of hydrogen-bond acceptors (Lipinski definition) is 6. The highest BCUT2D eigenvalue weighted by atomic mass is 35.5. The molecule has 1 atom stereocenters. The number of morpholine rings is 1. The van der Waals surface area contributed by atoms with Crippen LogP contribution in [0.5, 0.6) is 0 Å². The second kappa shape index (κ2) is 9.33. The fraction of sp³-hybridized carbons (Fsp3) is 0.450. The minimum absolute atomic E-state index is 0.0471. The fourth-order valence-electron chi connectivity index (χ4n) is 3.87. The lowest BCUT2D eigenvalue weighted by Crippen LogP contribution is -2.53. The molecule has 0 unspecified atom stereocenters. The minimum Gasteiger partial charge on any atom is -0.378 e. The molecule has 162 valence electrons. The molecule has 1 amide bonds. The first-order valence-electron chi connectivity index (χ1n) is 9.88. The first kappa shape index (κ1) is 21.7. The molecule has 0 aliphatic carbocycles. The van der Waals surface area contributed by atoms with Gasteiger partial charge in [-0.25, -0.2) is 8.42 Å². The molecule has 2 aromatic rings. The number of carbonyl (C=O) groups is 1. The van der Waals surface area contributed by atoms with E-state index in [4.69, 9.17) is 16.3 Å². The van der Waals surface area contributed by atoms with Crippen molar-refractivity contribution in [2.24, 2.45) is 0 Å². The number of amides is 1. The van der Waals surface area contributed by atoms with E-state index in [1.54, 1.807) is 12.1 Å². The predicted octanol–water partition coefficient (Wildman–Crippen LogP) is 2.31. The van der Waals surface area contributed by atoms with Crippen molar-refractivity contribution in [3.63, 3.8) is 0 Å². The normalized spacial score (nSPS) is 20.2. The number of thiophene rings is 1. The van der Waals surface area contributed by atoms with Crippen LogP contribution >= 0.6 is 22.9 Å². The van der Waals surface area contributed by atoms with Crippen molar-refractivity contribution in [3.05, 3.63) is 52.4 Å². The van der Waals surface area contributed by atoms with Crippen LogP contribution in [0.1, 0.15) is 11.6 Å². The predicted molar refractivity (Wildman–Crippen MR) is 116 cm³/mol. The summed E-state index contributed by atoms with van der Waals surface area (Å²) in [4.78, 5) is 17.3. The molecule has 2 aliphatic rings. The molecular formula is C20H24ClN3O4S2. The Morgan fingerprint density at radius 1 is 0.967 bits per heavy atom. The summed E-state index contributed by atoms with van der Waals surface area (Å²) in [6.45, 7) is 3.87. The Balaban J connectivity index is 1.51. The SMILES string of the molecule is O=C([C@@H](c1ccccc1)N1CCN(S(=O)(=O)c2ccc(Cl)s2)CC1)N1CCOCC1. The molecule has 0 spiro atoms. The summed E-state index contributed by atoms with van der Waals surface area (Å²) in [5.74, 6) is 0.0471. The first-order valence-corrected chi connectivity index (χ1v) is 12.5. The second-order valence-electron chi connectivity index (χ2n) is 7.25. The standard InChI is InChI=1S/C20H24ClN3O4S2/c21-17-6-7-18(29-17)30(26,27)24-10-8-22(9-11-24)19(16-4-2-1-3-5-16)20(25)23-12-14-28-15-13-23/h1-7,19H,8-15H2/t19-/m1/s1. The highest BCUT2D eigenvalue weighted by Crippen LogP contribution is 2.30. The van der Waals surface area contributed by atoms with E-state index in [1.807, 2.05) is 35.2 Å². The summed E-state index contributed by atoms with van der Waals surface area (Å²) in [5.41, 5.74) is 0.926. The summed E-state index contributed by atoms with van der Waals surface area (Å²) in [6, 6.07) is 12.4. The van der Waals surface area contributed by atoms with Gasteiger partial charge in [-0.15, -0.1) is 11.3 Å². The lowest BCUT2D eigenvalue weighted by Gasteiger charge is -2.40. The molecule has 3 heterocycles. The highest BCUT2D eigenvalue weighted by molar-refractivity contribution is 7.91. The smallest absolute Gasteiger partial charge is 0.252 e. The molecule has 2 fully saturated rings. The maximum absolute atomic E-state index is 13.4.